The normalized spacial score (nSPS) is 22.9. The molecule has 2 rings (SSSR count). The Balaban J connectivity index is 1.53. The fourth-order valence-electron chi connectivity index (χ4n) is 2.90. The van der Waals surface area contributed by atoms with Crippen LogP contribution in [0.5, 0.6) is 0 Å². The number of rotatable bonds is 5. The van der Waals surface area contributed by atoms with E-state index in [4.69, 9.17) is 4.74 Å². The van der Waals surface area contributed by atoms with Crippen molar-refractivity contribution in [2.24, 2.45) is 5.92 Å². The zero-order chi connectivity index (χ0) is 12.6. The molecule has 2 aliphatic rings. The van der Waals surface area contributed by atoms with Crippen molar-refractivity contribution in [3.05, 3.63) is 0 Å². The van der Waals surface area contributed by atoms with Gasteiger partial charge >= 0.3 is 0 Å². The zero-order valence-corrected chi connectivity index (χ0v) is 11.2. The quantitative estimate of drug-likeness (QED) is 0.781. The predicted octanol–water partition coefficient (Wildman–Crippen LogP) is 1.45. The fraction of sp³-hybridized carbons (Fsp3) is 0.929. The Hall–Kier alpha value is -0.610. The van der Waals surface area contributed by atoms with E-state index >= 15 is 0 Å². The molecule has 18 heavy (non-hydrogen) atoms. The minimum atomic E-state index is 0.137. The molecule has 0 bridgehead atoms. The van der Waals surface area contributed by atoms with Gasteiger partial charge in [-0.3, -0.25) is 4.79 Å². The van der Waals surface area contributed by atoms with E-state index in [2.05, 4.69) is 10.6 Å². The molecular weight excluding hydrogens is 228 g/mol. The van der Waals surface area contributed by atoms with Crippen molar-refractivity contribution in [1.29, 1.82) is 0 Å². The molecule has 0 atom stereocenters. The molecule has 2 N–H and O–H groups in total. The van der Waals surface area contributed by atoms with Crippen LogP contribution >= 0.6 is 0 Å². The largest absolute Gasteiger partial charge is 0.381 e. The Morgan fingerprint density at radius 3 is 2.50 bits per heavy atom. The third-order valence-electron chi connectivity index (χ3n) is 4.03. The second kappa shape index (κ2) is 7.74. The number of carbonyl (C=O) groups excluding carboxylic acids is 1. The van der Waals surface area contributed by atoms with Gasteiger partial charge in [-0.2, -0.15) is 0 Å². The topological polar surface area (TPSA) is 50.4 Å². The highest BCUT2D eigenvalue weighted by Gasteiger charge is 2.16. The van der Waals surface area contributed by atoms with Crippen LogP contribution in [0.15, 0.2) is 0 Å². The van der Waals surface area contributed by atoms with Gasteiger partial charge in [0.15, 0.2) is 0 Å². The van der Waals surface area contributed by atoms with Crippen LogP contribution in [0.2, 0.25) is 0 Å². The Bertz CT molecular complexity index is 246. The van der Waals surface area contributed by atoms with Gasteiger partial charge in [0.05, 0.1) is 6.54 Å². The molecule has 0 unspecified atom stereocenters. The summed E-state index contributed by atoms with van der Waals surface area (Å²) in [5.41, 5.74) is 0. The van der Waals surface area contributed by atoms with Crippen molar-refractivity contribution >= 4 is 5.91 Å². The van der Waals surface area contributed by atoms with Gasteiger partial charge in [-0.25, -0.2) is 0 Å². The van der Waals surface area contributed by atoms with Gasteiger partial charge in [-0.1, -0.05) is 19.3 Å². The van der Waals surface area contributed by atoms with E-state index in [1.807, 2.05) is 0 Å². The molecule has 0 spiro atoms. The van der Waals surface area contributed by atoms with Crippen molar-refractivity contribution in [1.82, 2.24) is 10.6 Å². The summed E-state index contributed by atoms with van der Waals surface area (Å²) in [5.74, 6) is 0.923. The van der Waals surface area contributed by atoms with E-state index in [0.29, 0.717) is 12.6 Å². The van der Waals surface area contributed by atoms with E-state index in [1.54, 1.807) is 0 Å². The first kappa shape index (κ1) is 13.8. The first-order valence-corrected chi connectivity index (χ1v) is 7.42. The zero-order valence-electron chi connectivity index (χ0n) is 11.2. The number of hydrogen-bond acceptors (Lipinski definition) is 3. The molecular formula is C14H26N2O2. The lowest BCUT2D eigenvalue weighted by Crippen LogP contribution is -2.43. The van der Waals surface area contributed by atoms with Crippen LogP contribution in [0.3, 0.4) is 0 Å². The maximum Gasteiger partial charge on any atom is 0.234 e. The average Bonchev–Trinajstić information content (AvgIpc) is 2.41. The smallest absolute Gasteiger partial charge is 0.234 e. The van der Waals surface area contributed by atoms with Crippen LogP contribution in [-0.2, 0) is 9.53 Å². The van der Waals surface area contributed by atoms with E-state index < -0.39 is 0 Å². The molecule has 1 saturated carbocycles. The lowest BCUT2D eigenvalue weighted by atomic mass is 9.89. The summed E-state index contributed by atoms with van der Waals surface area (Å²) in [7, 11) is 0. The van der Waals surface area contributed by atoms with Crippen LogP contribution in [0.1, 0.15) is 44.9 Å². The van der Waals surface area contributed by atoms with Gasteiger partial charge in [0.2, 0.25) is 5.91 Å². The molecule has 1 aliphatic heterocycles. The molecule has 1 aliphatic carbocycles. The van der Waals surface area contributed by atoms with Crippen molar-refractivity contribution < 1.29 is 9.53 Å². The molecule has 2 fully saturated rings. The van der Waals surface area contributed by atoms with E-state index in [0.717, 1.165) is 38.5 Å². The van der Waals surface area contributed by atoms with Crippen molar-refractivity contribution in [3.8, 4) is 0 Å². The Morgan fingerprint density at radius 2 is 1.78 bits per heavy atom. The molecule has 104 valence electrons. The summed E-state index contributed by atoms with van der Waals surface area (Å²) in [5, 5.41) is 6.38. The summed E-state index contributed by atoms with van der Waals surface area (Å²) in [6.07, 6.45) is 8.67. The first-order chi connectivity index (χ1) is 8.84. The highest BCUT2D eigenvalue weighted by molar-refractivity contribution is 5.78. The minimum Gasteiger partial charge on any atom is -0.381 e. The molecule has 0 radical (unpaired) electrons. The fourth-order valence-corrected chi connectivity index (χ4v) is 2.90. The second-order valence-corrected chi connectivity index (χ2v) is 5.59. The maximum absolute atomic E-state index is 11.7. The number of nitrogens with one attached hydrogen (secondary N) is 2. The van der Waals surface area contributed by atoms with Gasteiger partial charge in [0, 0.05) is 19.3 Å². The molecule has 4 heteroatoms. The molecule has 1 saturated heterocycles. The molecule has 1 amide bonds. The van der Waals surface area contributed by atoms with Gasteiger partial charge < -0.3 is 15.4 Å². The number of hydrogen-bond donors (Lipinski definition) is 2. The van der Waals surface area contributed by atoms with Gasteiger partial charge in [0.25, 0.3) is 0 Å². The summed E-state index contributed by atoms with van der Waals surface area (Å²) in [6.45, 7) is 3.02. The number of ether oxygens (including phenoxy) is 1. The van der Waals surface area contributed by atoms with E-state index in [1.165, 1.54) is 32.1 Å². The minimum absolute atomic E-state index is 0.137. The number of amides is 1. The van der Waals surface area contributed by atoms with Crippen LogP contribution < -0.4 is 10.6 Å². The molecule has 1 heterocycles. The monoisotopic (exact) mass is 254 g/mol. The first-order valence-electron chi connectivity index (χ1n) is 7.42. The summed E-state index contributed by atoms with van der Waals surface area (Å²) in [4.78, 5) is 11.7. The highest BCUT2D eigenvalue weighted by atomic mass is 16.5. The Kier molecular flexibility index (Phi) is 5.94. The lowest BCUT2D eigenvalue weighted by Gasteiger charge is -2.24. The molecule has 0 aromatic carbocycles. The molecule has 0 aromatic rings. The van der Waals surface area contributed by atoms with Gasteiger partial charge in [0.1, 0.15) is 0 Å². The van der Waals surface area contributed by atoms with Crippen LogP contribution in [0.4, 0.5) is 0 Å². The van der Waals surface area contributed by atoms with Crippen LogP contribution in [0, 0.1) is 5.92 Å². The predicted molar refractivity (Wildman–Crippen MR) is 71.4 cm³/mol. The third kappa shape index (κ3) is 4.94. The maximum atomic E-state index is 11.7. The lowest BCUT2D eigenvalue weighted by molar-refractivity contribution is -0.121. The van der Waals surface area contributed by atoms with Crippen LogP contribution in [-0.4, -0.2) is 38.3 Å². The Morgan fingerprint density at radius 1 is 1.06 bits per heavy atom. The molecule has 4 nitrogen and oxygen atoms in total. The second-order valence-electron chi connectivity index (χ2n) is 5.59. The summed E-state index contributed by atoms with van der Waals surface area (Å²) in [6, 6.07) is 0.322. The third-order valence-corrected chi connectivity index (χ3v) is 4.03. The van der Waals surface area contributed by atoms with Crippen molar-refractivity contribution in [3.63, 3.8) is 0 Å². The van der Waals surface area contributed by atoms with Crippen molar-refractivity contribution in [2.75, 3.05) is 26.3 Å². The molecule has 0 aromatic heterocycles. The summed E-state index contributed by atoms with van der Waals surface area (Å²) >= 11 is 0. The SMILES string of the molecule is O=C(CNCC1CCCCC1)NC1CCOCC1. The Labute approximate surface area is 110 Å². The van der Waals surface area contributed by atoms with Crippen LogP contribution in [0.25, 0.3) is 0 Å². The summed E-state index contributed by atoms with van der Waals surface area (Å²) < 4.78 is 5.27. The average molecular weight is 254 g/mol. The highest BCUT2D eigenvalue weighted by Crippen LogP contribution is 2.22. The van der Waals surface area contributed by atoms with E-state index in [-0.39, 0.29) is 5.91 Å². The standard InChI is InChI=1S/C14H26N2O2/c17-14(16-13-6-8-18-9-7-13)11-15-10-12-4-2-1-3-5-12/h12-13,15H,1-11H2,(H,16,17). The van der Waals surface area contributed by atoms with E-state index in [9.17, 15) is 4.79 Å². The van der Waals surface area contributed by atoms with Gasteiger partial charge in [-0.15, -0.1) is 0 Å². The van der Waals surface area contributed by atoms with Crippen molar-refractivity contribution in [2.45, 2.75) is 51.0 Å². The number of carbonyl (C=O) groups is 1. The van der Waals surface area contributed by atoms with Gasteiger partial charge in [-0.05, 0) is 38.1 Å².